The van der Waals surface area contributed by atoms with Crippen molar-refractivity contribution in [2.24, 2.45) is 0 Å². The molecule has 0 aliphatic carbocycles. The predicted octanol–water partition coefficient (Wildman–Crippen LogP) is 8.12. The zero-order chi connectivity index (χ0) is 26.4. The molecular formula is C30H28Cl2N2O3. The molecule has 37 heavy (non-hydrogen) atoms. The van der Waals surface area contributed by atoms with Gasteiger partial charge in [0.2, 0.25) is 0 Å². The van der Waals surface area contributed by atoms with Gasteiger partial charge in [-0.1, -0.05) is 41.4 Å². The number of aromatic nitrogens is 1. The second kappa shape index (κ2) is 9.81. The first-order valence-electron chi connectivity index (χ1n) is 12.1. The lowest BCUT2D eigenvalue weighted by Gasteiger charge is -2.30. The molecule has 1 aliphatic rings. The number of carbonyl (C=O) groups is 1. The molecule has 1 aromatic heterocycles. The van der Waals surface area contributed by atoms with E-state index in [1.807, 2.05) is 78.6 Å². The summed E-state index contributed by atoms with van der Waals surface area (Å²) in [5.41, 5.74) is 6.09. The minimum atomic E-state index is -0.364. The second-order valence-electron chi connectivity index (χ2n) is 9.42. The van der Waals surface area contributed by atoms with Gasteiger partial charge >= 0.3 is 0 Å². The zero-order valence-corrected chi connectivity index (χ0v) is 22.9. The molecule has 0 spiro atoms. The van der Waals surface area contributed by atoms with Crippen molar-refractivity contribution in [1.82, 2.24) is 4.57 Å². The summed E-state index contributed by atoms with van der Waals surface area (Å²) in [6, 6.07) is 20.7. The molecule has 190 valence electrons. The highest BCUT2D eigenvalue weighted by Gasteiger charge is 2.43. The molecule has 5 nitrogen and oxygen atoms in total. The van der Waals surface area contributed by atoms with Gasteiger partial charge in [0.05, 0.1) is 31.2 Å². The number of ether oxygens (including phenoxy) is 2. The molecule has 2 heterocycles. The monoisotopic (exact) mass is 534 g/mol. The van der Waals surface area contributed by atoms with Crippen molar-refractivity contribution in [3.63, 3.8) is 0 Å². The standard InChI is InChI=1S/C30H28Cl2N2O3/c1-17(2)33-26(23-13-12-22(36-4)15-27(23)37-5)16-24-29(33)28(19-7-10-20(31)11-8-19)34(30(24)35)25-14-21(32)9-6-18(25)3/h6-17,28H,1-5H3. The molecule has 0 radical (unpaired) electrons. The van der Waals surface area contributed by atoms with Crippen LogP contribution in [0.3, 0.4) is 0 Å². The molecular weight excluding hydrogens is 507 g/mol. The van der Waals surface area contributed by atoms with Gasteiger partial charge in [0.1, 0.15) is 17.5 Å². The van der Waals surface area contributed by atoms with Gasteiger partial charge in [-0.25, -0.2) is 0 Å². The summed E-state index contributed by atoms with van der Waals surface area (Å²) in [4.78, 5) is 16.0. The van der Waals surface area contributed by atoms with Gasteiger partial charge in [0, 0.05) is 33.4 Å². The number of methoxy groups -OCH3 is 2. The van der Waals surface area contributed by atoms with Crippen LogP contribution in [0.5, 0.6) is 11.5 Å². The van der Waals surface area contributed by atoms with Crippen molar-refractivity contribution >= 4 is 34.8 Å². The van der Waals surface area contributed by atoms with Crippen LogP contribution in [0.1, 0.15) is 53.1 Å². The van der Waals surface area contributed by atoms with Crippen LogP contribution in [0, 0.1) is 6.92 Å². The van der Waals surface area contributed by atoms with Crippen molar-refractivity contribution in [3.05, 3.63) is 99.2 Å². The Hall–Kier alpha value is -3.41. The van der Waals surface area contributed by atoms with Crippen molar-refractivity contribution < 1.29 is 14.3 Å². The number of carbonyl (C=O) groups excluding carboxylic acids is 1. The SMILES string of the molecule is COc1ccc(-c2cc3c(n2C(C)C)C(c2ccc(Cl)cc2)N(c2cc(Cl)ccc2C)C3=O)c(OC)c1. The molecule has 1 unspecified atom stereocenters. The average molecular weight is 535 g/mol. The van der Waals surface area contributed by atoms with Gasteiger partial charge in [-0.05, 0) is 74.4 Å². The van der Waals surface area contributed by atoms with Crippen molar-refractivity contribution in [2.75, 3.05) is 19.1 Å². The number of benzene rings is 3. The van der Waals surface area contributed by atoms with E-state index in [-0.39, 0.29) is 18.0 Å². The third-order valence-corrected chi connectivity index (χ3v) is 7.35. The topological polar surface area (TPSA) is 43.7 Å². The molecule has 1 atom stereocenters. The molecule has 7 heteroatoms. The van der Waals surface area contributed by atoms with Crippen LogP contribution < -0.4 is 14.4 Å². The van der Waals surface area contributed by atoms with Gasteiger partial charge in [0.15, 0.2) is 0 Å². The highest BCUT2D eigenvalue weighted by molar-refractivity contribution is 6.31. The van der Waals surface area contributed by atoms with Crippen molar-refractivity contribution in [2.45, 2.75) is 32.9 Å². The maximum atomic E-state index is 14.2. The Kier molecular flexibility index (Phi) is 6.69. The number of anilines is 1. The molecule has 0 fully saturated rings. The van der Waals surface area contributed by atoms with E-state index in [0.717, 1.165) is 33.8 Å². The first-order valence-corrected chi connectivity index (χ1v) is 12.8. The van der Waals surface area contributed by atoms with Crippen molar-refractivity contribution in [3.8, 4) is 22.8 Å². The molecule has 5 rings (SSSR count). The summed E-state index contributed by atoms with van der Waals surface area (Å²) in [7, 11) is 3.27. The smallest absolute Gasteiger partial charge is 0.261 e. The molecule has 1 amide bonds. The van der Waals surface area contributed by atoms with Gasteiger partial charge in [-0.2, -0.15) is 0 Å². The first kappa shape index (κ1) is 25.2. The summed E-state index contributed by atoms with van der Waals surface area (Å²) >= 11 is 12.6. The summed E-state index contributed by atoms with van der Waals surface area (Å²) < 4.78 is 13.4. The van der Waals surface area contributed by atoms with Crippen LogP contribution in [0.4, 0.5) is 5.69 Å². The van der Waals surface area contributed by atoms with Crippen LogP contribution in [0.25, 0.3) is 11.3 Å². The van der Waals surface area contributed by atoms with E-state index in [1.54, 1.807) is 14.2 Å². The largest absolute Gasteiger partial charge is 0.497 e. The van der Waals surface area contributed by atoms with E-state index in [0.29, 0.717) is 27.1 Å². The Morgan fingerprint density at radius 1 is 0.838 bits per heavy atom. The molecule has 4 aromatic rings. The fourth-order valence-electron chi connectivity index (χ4n) is 5.18. The highest BCUT2D eigenvalue weighted by Crippen LogP contribution is 2.48. The molecule has 0 N–H and O–H groups in total. The number of rotatable bonds is 6. The van der Waals surface area contributed by atoms with Gasteiger partial charge in [0.25, 0.3) is 5.91 Å². The Bertz CT molecular complexity index is 1490. The lowest BCUT2D eigenvalue weighted by atomic mass is 10.0. The Labute approximate surface area is 227 Å². The number of hydrogen-bond acceptors (Lipinski definition) is 3. The number of fused-ring (bicyclic) bond motifs is 1. The minimum Gasteiger partial charge on any atom is -0.497 e. The van der Waals surface area contributed by atoms with Gasteiger partial charge in [-0.3, -0.25) is 9.69 Å². The van der Waals surface area contributed by atoms with Crippen LogP contribution in [0.2, 0.25) is 10.0 Å². The van der Waals surface area contributed by atoms with E-state index in [1.165, 1.54) is 0 Å². The number of nitrogens with zero attached hydrogens (tertiary/aromatic N) is 2. The van der Waals surface area contributed by atoms with E-state index in [2.05, 4.69) is 18.4 Å². The van der Waals surface area contributed by atoms with Crippen molar-refractivity contribution in [1.29, 1.82) is 0 Å². The summed E-state index contributed by atoms with van der Waals surface area (Å²) in [5.74, 6) is 1.30. The predicted molar refractivity (Wildman–Crippen MR) is 150 cm³/mol. The molecule has 0 saturated heterocycles. The maximum Gasteiger partial charge on any atom is 0.261 e. The summed E-state index contributed by atoms with van der Waals surface area (Å²) in [6.45, 7) is 6.23. The third-order valence-electron chi connectivity index (χ3n) is 6.86. The lowest BCUT2D eigenvalue weighted by molar-refractivity contribution is 0.0993. The summed E-state index contributed by atoms with van der Waals surface area (Å²) in [6.07, 6.45) is 0. The Balaban J connectivity index is 1.79. The van der Waals surface area contributed by atoms with Gasteiger partial charge in [-0.15, -0.1) is 0 Å². The quantitative estimate of drug-likeness (QED) is 0.251. The average Bonchev–Trinajstić information content (AvgIpc) is 3.40. The number of hydrogen-bond donors (Lipinski definition) is 0. The molecule has 0 saturated carbocycles. The highest BCUT2D eigenvalue weighted by atomic mass is 35.5. The van der Waals surface area contributed by atoms with Crippen LogP contribution in [-0.4, -0.2) is 24.7 Å². The minimum absolute atomic E-state index is 0.0635. The number of halogens is 2. The van der Waals surface area contributed by atoms with Crippen LogP contribution in [-0.2, 0) is 0 Å². The normalized spacial score (nSPS) is 14.9. The van der Waals surface area contributed by atoms with Crippen LogP contribution in [0.15, 0.2) is 66.7 Å². The first-order chi connectivity index (χ1) is 17.7. The van der Waals surface area contributed by atoms with E-state index >= 15 is 0 Å². The summed E-state index contributed by atoms with van der Waals surface area (Å²) in [5, 5.41) is 1.22. The number of aryl methyl sites for hydroxylation is 1. The lowest BCUT2D eigenvalue weighted by Crippen LogP contribution is -2.30. The molecule has 0 bridgehead atoms. The van der Waals surface area contributed by atoms with E-state index in [9.17, 15) is 4.79 Å². The molecule has 1 aliphatic heterocycles. The fourth-order valence-corrected chi connectivity index (χ4v) is 5.47. The van der Waals surface area contributed by atoms with E-state index < -0.39 is 0 Å². The van der Waals surface area contributed by atoms with Gasteiger partial charge < -0.3 is 14.0 Å². The maximum absolute atomic E-state index is 14.2. The Morgan fingerprint density at radius 2 is 1.54 bits per heavy atom. The Morgan fingerprint density at radius 3 is 2.19 bits per heavy atom. The fraction of sp³-hybridized carbons (Fsp3) is 0.233. The number of amides is 1. The van der Waals surface area contributed by atoms with Crippen LogP contribution >= 0.6 is 23.2 Å². The molecule has 3 aromatic carbocycles. The second-order valence-corrected chi connectivity index (χ2v) is 10.3. The third kappa shape index (κ3) is 4.26. The zero-order valence-electron chi connectivity index (χ0n) is 21.4. The van der Waals surface area contributed by atoms with E-state index in [4.69, 9.17) is 32.7 Å².